The second-order valence-electron chi connectivity index (χ2n) is 35.7. The second-order valence-corrected chi connectivity index (χ2v) is 35.7. The number of alkyl carbamates (subject to hydrolysis) is 1. The van der Waals surface area contributed by atoms with E-state index in [0.717, 1.165) is 82.6 Å². The SMILES string of the molecule is CCC1OC(OCCCCCCNC(=O)CCC(NC(=O)c2cc(OCCNC(=O)OCc3ccccc3)cc(C(=O)NC(CCC(=O)NCCCCCCOC3OC(CC)C(C)C(C)C3NC(C)=O)C(=O)NCCCCCCOC3OC(CC)C(C)C(C)C3NC(C)=O)c2)C(=O)NCCCCCCOC2OC(CC)C(C)C(C)C2NC(C)=O)C(NC(C)=O)C(C)C1C. The number of nitrogens with one attached hydrogen (secondary N) is 11. The van der Waals surface area contributed by atoms with Crippen LogP contribution in [0.2, 0.25) is 0 Å². The molecule has 0 aliphatic carbocycles. The fraction of sp³-hybridized carbons (Fsp3) is 0.760. The maximum Gasteiger partial charge on any atom is 0.407 e. The van der Waals surface area contributed by atoms with Crippen LogP contribution in [0.1, 0.15) is 291 Å². The second kappa shape index (κ2) is 59.3. The van der Waals surface area contributed by atoms with E-state index in [1.54, 1.807) is 0 Å². The highest BCUT2D eigenvalue weighted by atomic mass is 16.7. The molecule has 724 valence electrons. The lowest BCUT2D eigenvalue weighted by atomic mass is 9.81. The first-order valence-electron chi connectivity index (χ1n) is 48.0. The fourth-order valence-corrected chi connectivity index (χ4v) is 17.4. The summed E-state index contributed by atoms with van der Waals surface area (Å²) in [5.41, 5.74) is 0.518. The van der Waals surface area contributed by atoms with Gasteiger partial charge >= 0.3 is 6.09 Å². The Labute approximate surface area is 761 Å². The lowest BCUT2D eigenvalue weighted by Gasteiger charge is -2.44. The molecule has 4 saturated heterocycles. The first-order chi connectivity index (χ1) is 61.4. The molecule has 6 rings (SSSR count). The molecule has 0 bridgehead atoms. The number of rotatable bonds is 58. The molecule has 4 aliphatic heterocycles. The van der Waals surface area contributed by atoms with Crippen molar-refractivity contribution in [1.29, 1.82) is 0 Å². The summed E-state index contributed by atoms with van der Waals surface area (Å²) >= 11 is 0. The van der Waals surface area contributed by atoms with Gasteiger partial charge in [0.25, 0.3) is 11.8 Å². The smallest absolute Gasteiger partial charge is 0.407 e. The highest BCUT2D eigenvalue weighted by Gasteiger charge is 2.46. The van der Waals surface area contributed by atoms with Crippen molar-refractivity contribution in [2.45, 2.75) is 357 Å². The van der Waals surface area contributed by atoms with Gasteiger partial charge in [-0.15, -0.1) is 0 Å². The highest BCUT2D eigenvalue weighted by Crippen LogP contribution is 2.37. The van der Waals surface area contributed by atoms with Gasteiger partial charge in [0.15, 0.2) is 25.2 Å². The molecule has 11 amide bonds. The standard InChI is InChI=1S/C96H159N11O21/c1-17-78-60(5)64(9)84(102-68(13)108)92(125-78)120-51-36-25-21-32-46-97-82(112)44-42-76(90(116)99-48-34-23-27-38-53-122-94-86(104-70(15)110)66(11)62(7)80(19-3)127-94)106-88(114)73-56-74(58-75(57-73)119-55-50-101-96(118)124-59-72-40-30-29-31-41-72)89(115)107-77(91(117)100-49-35-24-28-39-54-123-95-87(105-71(16)111)67(12)63(8)81(20-4)128-95)43-45-83(113)98-47-33-22-26-37-52-121-93-85(103-69(14)109)65(10)61(6)79(18-2)126-93/h29-31,40-41,56-58,60-67,76-81,84-87,92-95H,17-28,32-39,42-55,59H2,1-16H3,(H,97,112)(H,98,113)(H,99,116)(H,100,117)(H,101,118)(H,102,108)(H,103,109)(H,104,110)(H,105,111)(H,106,114)(H,107,115). The van der Waals surface area contributed by atoms with Gasteiger partial charge in [-0.05, 0) is 161 Å². The summed E-state index contributed by atoms with van der Waals surface area (Å²) < 4.78 is 61.9. The summed E-state index contributed by atoms with van der Waals surface area (Å²) in [6, 6.07) is 9.48. The minimum Gasteiger partial charge on any atom is -0.492 e. The molecule has 32 heteroatoms. The number of benzene rings is 2. The van der Waals surface area contributed by atoms with Gasteiger partial charge in [-0.1, -0.05) is 165 Å². The van der Waals surface area contributed by atoms with Crippen LogP contribution in [0.3, 0.4) is 0 Å². The van der Waals surface area contributed by atoms with Crippen molar-refractivity contribution < 1.29 is 100 Å². The van der Waals surface area contributed by atoms with Crippen LogP contribution < -0.4 is 63.2 Å². The van der Waals surface area contributed by atoms with E-state index in [1.807, 2.05) is 30.3 Å². The van der Waals surface area contributed by atoms with Gasteiger partial charge in [-0.2, -0.15) is 0 Å². The summed E-state index contributed by atoms with van der Waals surface area (Å²) in [5, 5.41) is 32.3. The van der Waals surface area contributed by atoms with Crippen LogP contribution in [0, 0.1) is 47.3 Å². The van der Waals surface area contributed by atoms with Crippen molar-refractivity contribution in [1.82, 2.24) is 58.5 Å². The Balaban J connectivity index is 1.15. The number of carbonyl (C=O) groups is 11. The third kappa shape index (κ3) is 38.0. The maximum atomic E-state index is 14.9. The molecule has 4 heterocycles. The van der Waals surface area contributed by atoms with Crippen molar-refractivity contribution in [2.24, 2.45) is 47.3 Å². The average Bonchev–Trinajstić information content (AvgIpc) is 0.817. The average molecular weight is 1800 g/mol. The zero-order chi connectivity index (χ0) is 93.6. The summed E-state index contributed by atoms with van der Waals surface area (Å²) in [4.78, 5) is 148. The molecule has 0 aromatic heterocycles. The van der Waals surface area contributed by atoms with Crippen molar-refractivity contribution >= 4 is 65.2 Å². The largest absolute Gasteiger partial charge is 0.492 e. The Morgan fingerprint density at radius 1 is 0.352 bits per heavy atom. The predicted octanol–water partition coefficient (Wildman–Crippen LogP) is 11.2. The van der Waals surface area contributed by atoms with E-state index in [4.69, 9.17) is 47.4 Å². The molecule has 0 saturated carbocycles. The van der Waals surface area contributed by atoms with E-state index in [9.17, 15) is 52.7 Å². The number of carbonyl (C=O) groups excluding carboxylic acids is 11. The first-order valence-corrected chi connectivity index (χ1v) is 48.0. The van der Waals surface area contributed by atoms with Gasteiger partial charge in [0.2, 0.25) is 47.3 Å². The molecule has 4 fully saturated rings. The summed E-state index contributed by atoms with van der Waals surface area (Å²) in [6.45, 7) is 33.8. The van der Waals surface area contributed by atoms with Crippen molar-refractivity contribution in [3.63, 3.8) is 0 Å². The molecule has 0 spiro atoms. The van der Waals surface area contributed by atoms with Gasteiger partial charge in [0.05, 0.1) is 55.1 Å². The lowest BCUT2D eigenvalue weighted by molar-refractivity contribution is -0.236. The van der Waals surface area contributed by atoms with E-state index < -0.39 is 67.0 Å². The molecule has 0 radical (unpaired) electrons. The van der Waals surface area contributed by atoms with E-state index in [2.05, 4.69) is 142 Å². The van der Waals surface area contributed by atoms with Crippen molar-refractivity contribution in [3.8, 4) is 5.75 Å². The minimum atomic E-state index is -1.26. The van der Waals surface area contributed by atoms with E-state index >= 15 is 0 Å². The minimum absolute atomic E-state index is 0.00613. The first kappa shape index (κ1) is 109. The molecule has 11 N–H and O–H groups in total. The number of ether oxygens (including phenoxy) is 10. The van der Waals surface area contributed by atoms with Crippen LogP contribution >= 0.6 is 0 Å². The van der Waals surface area contributed by atoms with Crippen LogP contribution in [0.25, 0.3) is 0 Å². The van der Waals surface area contributed by atoms with Gasteiger partial charge < -0.3 is 106 Å². The third-order valence-electron chi connectivity index (χ3n) is 25.9. The Kier molecular flexibility index (Phi) is 50.4. The van der Waals surface area contributed by atoms with Crippen molar-refractivity contribution in [3.05, 3.63) is 65.2 Å². The summed E-state index contributed by atoms with van der Waals surface area (Å²) in [7, 11) is 0. The quantitative estimate of drug-likeness (QED) is 0.0274. The topological polar surface area (TPSA) is 412 Å². The number of hydrogen-bond donors (Lipinski definition) is 11. The van der Waals surface area contributed by atoms with Gasteiger partial charge in [0, 0.05) is 104 Å². The summed E-state index contributed by atoms with van der Waals surface area (Å²) in [6.07, 6.45) is 11.0. The Morgan fingerprint density at radius 3 is 0.961 bits per heavy atom. The molecule has 2 aromatic carbocycles. The van der Waals surface area contributed by atoms with Crippen LogP contribution in [-0.2, 0) is 87.6 Å². The van der Waals surface area contributed by atoms with Gasteiger partial charge in [-0.25, -0.2) is 4.79 Å². The third-order valence-corrected chi connectivity index (χ3v) is 25.9. The number of hydrogen-bond acceptors (Lipinski definition) is 21. The fourth-order valence-electron chi connectivity index (χ4n) is 17.4. The number of amides is 11. The van der Waals surface area contributed by atoms with E-state index in [1.165, 1.54) is 45.9 Å². The molecule has 22 unspecified atom stereocenters. The number of unbranched alkanes of at least 4 members (excludes halogenated alkanes) is 12. The van der Waals surface area contributed by atoms with Crippen LogP contribution in [-0.4, -0.2) is 217 Å². The summed E-state index contributed by atoms with van der Waals surface area (Å²) in [5.74, 6) is -2.55. The lowest BCUT2D eigenvalue weighted by Crippen LogP contribution is -2.57. The Hall–Kier alpha value is -8.11. The highest BCUT2D eigenvalue weighted by molar-refractivity contribution is 6.03. The molecular formula is C96H159N11O21. The predicted molar refractivity (Wildman–Crippen MR) is 487 cm³/mol. The Morgan fingerprint density at radius 2 is 0.656 bits per heavy atom. The zero-order valence-electron chi connectivity index (χ0n) is 79.6. The van der Waals surface area contributed by atoms with Crippen LogP contribution in [0.4, 0.5) is 4.79 Å². The van der Waals surface area contributed by atoms with Crippen LogP contribution in [0.15, 0.2) is 48.5 Å². The van der Waals surface area contributed by atoms with E-state index in [0.29, 0.717) is 90.9 Å². The molecule has 2 aromatic rings. The maximum absolute atomic E-state index is 14.9. The molecular weight excluding hydrogens is 1640 g/mol. The normalized spacial score (nSPS) is 26.1. The van der Waals surface area contributed by atoms with Gasteiger partial charge in [0.1, 0.15) is 31.0 Å². The molecule has 32 nitrogen and oxygen atoms in total. The van der Waals surface area contributed by atoms with Gasteiger partial charge in [-0.3, -0.25) is 47.9 Å². The Bertz CT molecular complexity index is 3480. The zero-order valence-corrected chi connectivity index (χ0v) is 79.6. The van der Waals surface area contributed by atoms with Crippen LogP contribution in [0.5, 0.6) is 5.75 Å². The monoisotopic (exact) mass is 1800 g/mol. The van der Waals surface area contributed by atoms with E-state index in [-0.39, 0.29) is 207 Å². The molecule has 22 atom stereocenters. The van der Waals surface area contributed by atoms with Crippen molar-refractivity contribution in [2.75, 3.05) is 65.8 Å². The molecule has 128 heavy (non-hydrogen) atoms. The molecule has 4 aliphatic rings.